The highest BCUT2D eigenvalue weighted by molar-refractivity contribution is 5.42. The van der Waals surface area contributed by atoms with Crippen LogP contribution in [0, 0.1) is 13.8 Å². The second-order valence-electron chi connectivity index (χ2n) is 8.16. The average Bonchev–Trinajstić information content (AvgIpc) is 3.24. The topological polar surface area (TPSA) is 41.1 Å². The first kappa shape index (κ1) is 18.3. The van der Waals surface area contributed by atoms with Crippen LogP contribution in [0.15, 0.2) is 48.8 Å². The molecule has 0 aliphatic carbocycles. The zero-order valence-electron chi connectivity index (χ0n) is 17.3. The standard InChI is InChI=1S/C23H28N6/c1-18-6-3-8-22-24-20(16-28(18)22)14-26-10-5-11-27(13-12-26)15-21-17-29-19(2)7-4-9-23(29)25-21/h3-4,6-9,16-17H,5,10-15H2,1-2H3. The van der Waals surface area contributed by atoms with E-state index in [0.29, 0.717) is 0 Å². The number of aryl methyl sites for hydroxylation is 2. The Hall–Kier alpha value is -2.70. The monoisotopic (exact) mass is 388 g/mol. The highest BCUT2D eigenvalue weighted by atomic mass is 15.2. The van der Waals surface area contributed by atoms with Gasteiger partial charge in [-0.1, -0.05) is 12.1 Å². The lowest BCUT2D eigenvalue weighted by Crippen LogP contribution is -2.30. The van der Waals surface area contributed by atoms with Crippen LogP contribution in [-0.2, 0) is 13.1 Å². The maximum absolute atomic E-state index is 4.81. The largest absolute Gasteiger partial charge is 0.304 e. The number of hydrogen-bond acceptors (Lipinski definition) is 4. The molecule has 0 radical (unpaired) electrons. The molecule has 6 heteroatoms. The Morgan fingerprint density at radius 3 is 1.62 bits per heavy atom. The van der Waals surface area contributed by atoms with Gasteiger partial charge >= 0.3 is 0 Å². The van der Waals surface area contributed by atoms with E-state index in [4.69, 9.17) is 9.97 Å². The molecule has 5 heterocycles. The lowest BCUT2D eigenvalue weighted by atomic mass is 10.3. The van der Waals surface area contributed by atoms with Crippen molar-refractivity contribution in [3.05, 3.63) is 71.6 Å². The molecular weight excluding hydrogens is 360 g/mol. The third-order valence-electron chi connectivity index (χ3n) is 5.94. The minimum atomic E-state index is 0.919. The third-order valence-corrected chi connectivity index (χ3v) is 5.94. The van der Waals surface area contributed by atoms with Crippen molar-refractivity contribution in [2.24, 2.45) is 0 Å². The summed E-state index contributed by atoms with van der Waals surface area (Å²) < 4.78 is 4.37. The molecule has 1 fully saturated rings. The van der Waals surface area contributed by atoms with Crippen molar-refractivity contribution in [3.8, 4) is 0 Å². The van der Waals surface area contributed by atoms with Gasteiger partial charge in [0.1, 0.15) is 11.3 Å². The van der Waals surface area contributed by atoms with Crippen LogP contribution in [0.4, 0.5) is 0 Å². The van der Waals surface area contributed by atoms with Crippen LogP contribution in [0.2, 0.25) is 0 Å². The first-order valence-electron chi connectivity index (χ1n) is 10.5. The molecule has 4 aromatic rings. The molecule has 1 aliphatic heterocycles. The fraction of sp³-hybridized carbons (Fsp3) is 0.391. The van der Waals surface area contributed by atoms with Crippen molar-refractivity contribution in [3.63, 3.8) is 0 Å². The maximum Gasteiger partial charge on any atom is 0.137 e. The lowest BCUT2D eigenvalue weighted by molar-refractivity contribution is 0.244. The summed E-state index contributed by atoms with van der Waals surface area (Å²) >= 11 is 0. The summed E-state index contributed by atoms with van der Waals surface area (Å²) in [5.74, 6) is 0. The number of nitrogens with zero attached hydrogens (tertiary/aromatic N) is 6. The number of fused-ring (bicyclic) bond motifs is 2. The van der Waals surface area contributed by atoms with Gasteiger partial charge in [0.25, 0.3) is 0 Å². The molecule has 29 heavy (non-hydrogen) atoms. The fourth-order valence-corrected chi connectivity index (χ4v) is 4.35. The van der Waals surface area contributed by atoms with E-state index in [2.05, 4.69) is 81.2 Å². The Labute approximate surface area is 171 Å². The second-order valence-corrected chi connectivity index (χ2v) is 8.16. The van der Waals surface area contributed by atoms with E-state index in [1.807, 2.05) is 0 Å². The van der Waals surface area contributed by atoms with E-state index in [0.717, 1.165) is 62.0 Å². The highest BCUT2D eigenvalue weighted by Crippen LogP contribution is 2.15. The molecule has 0 unspecified atom stereocenters. The maximum atomic E-state index is 4.81. The molecule has 6 nitrogen and oxygen atoms in total. The second kappa shape index (κ2) is 7.61. The quantitative estimate of drug-likeness (QED) is 0.538. The van der Waals surface area contributed by atoms with Gasteiger partial charge in [0.2, 0.25) is 0 Å². The van der Waals surface area contributed by atoms with Crippen LogP contribution in [0.25, 0.3) is 11.3 Å². The number of aromatic nitrogens is 4. The summed E-state index contributed by atoms with van der Waals surface area (Å²) in [4.78, 5) is 14.7. The van der Waals surface area contributed by atoms with Gasteiger partial charge in [0.15, 0.2) is 0 Å². The van der Waals surface area contributed by atoms with Crippen LogP contribution >= 0.6 is 0 Å². The molecule has 4 aromatic heterocycles. The molecule has 1 saturated heterocycles. The van der Waals surface area contributed by atoms with Crippen LogP contribution in [0.5, 0.6) is 0 Å². The van der Waals surface area contributed by atoms with E-state index in [1.165, 1.54) is 17.8 Å². The van der Waals surface area contributed by atoms with Gasteiger partial charge in [0, 0.05) is 50.0 Å². The van der Waals surface area contributed by atoms with E-state index in [9.17, 15) is 0 Å². The first-order chi connectivity index (χ1) is 14.2. The van der Waals surface area contributed by atoms with E-state index in [-0.39, 0.29) is 0 Å². The summed E-state index contributed by atoms with van der Waals surface area (Å²) in [6.45, 7) is 10.5. The van der Waals surface area contributed by atoms with Gasteiger partial charge in [-0.3, -0.25) is 9.80 Å². The molecule has 0 saturated carbocycles. The first-order valence-corrected chi connectivity index (χ1v) is 10.5. The molecule has 0 aromatic carbocycles. The predicted octanol–water partition coefficient (Wildman–Crippen LogP) is 3.31. The summed E-state index contributed by atoms with van der Waals surface area (Å²) in [6.07, 6.45) is 5.55. The van der Waals surface area contributed by atoms with Gasteiger partial charge in [-0.2, -0.15) is 0 Å². The van der Waals surface area contributed by atoms with Crippen LogP contribution in [0.3, 0.4) is 0 Å². The number of rotatable bonds is 4. The van der Waals surface area contributed by atoms with E-state index < -0.39 is 0 Å². The lowest BCUT2D eigenvalue weighted by Gasteiger charge is -2.20. The smallest absolute Gasteiger partial charge is 0.137 e. The molecule has 0 amide bonds. The van der Waals surface area contributed by atoms with Gasteiger partial charge in [-0.15, -0.1) is 0 Å². The van der Waals surface area contributed by atoms with Crippen molar-refractivity contribution in [1.29, 1.82) is 0 Å². The Morgan fingerprint density at radius 2 is 1.17 bits per heavy atom. The van der Waals surface area contributed by atoms with Gasteiger partial charge < -0.3 is 8.80 Å². The zero-order chi connectivity index (χ0) is 19.8. The van der Waals surface area contributed by atoms with E-state index in [1.54, 1.807) is 0 Å². The van der Waals surface area contributed by atoms with Crippen molar-refractivity contribution < 1.29 is 0 Å². The third kappa shape index (κ3) is 3.78. The number of pyridine rings is 2. The van der Waals surface area contributed by atoms with Gasteiger partial charge in [-0.05, 0) is 57.6 Å². The van der Waals surface area contributed by atoms with Crippen molar-refractivity contribution >= 4 is 11.3 Å². The van der Waals surface area contributed by atoms with Crippen molar-refractivity contribution in [2.75, 3.05) is 26.2 Å². The van der Waals surface area contributed by atoms with Crippen LogP contribution in [-0.4, -0.2) is 54.7 Å². The summed E-state index contributed by atoms with van der Waals surface area (Å²) in [5.41, 5.74) is 6.85. The Morgan fingerprint density at radius 1 is 0.690 bits per heavy atom. The highest BCUT2D eigenvalue weighted by Gasteiger charge is 2.17. The molecule has 0 spiro atoms. The minimum Gasteiger partial charge on any atom is -0.304 e. The minimum absolute atomic E-state index is 0.919. The average molecular weight is 389 g/mol. The molecular formula is C23H28N6. The van der Waals surface area contributed by atoms with Crippen LogP contribution in [0.1, 0.15) is 29.2 Å². The van der Waals surface area contributed by atoms with Crippen molar-refractivity contribution in [1.82, 2.24) is 28.6 Å². The number of imidazole rings is 2. The Balaban J connectivity index is 1.23. The molecule has 1 aliphatic rings. The van der Waals surface area contributed by atoms with E-state index >= 15 is 0 Å². The molecule has 5 rings (SSSR count). The Kier molecular flexibility index (Phi) is 4.81. The van der Waals surface area contributed by atoms with Crippen molar-refractivity contribution in [2.45, 2.75) is 33.4 Å². The summed E-state index contributed by atoms with van der Waals surface area (Å²) in [7, 11) is 0. The SMILES string of the molecule is Cc1cccc2nc(CN3CCCN(Cc4cn5c(C)cccc5n4)CC3)cn12. The van der Waals surface area contributed by atoms with Crippen LogP contribution < -0.4 is 0 Å². The van der Waals surface area contributed by atoms with Gasteiger partial charge in [-0.25, -0.2) is 9.97 Å². The number of hydrogen-bond donors (Lipinski definition) is 0. The van der Waals surface area contributed by atoms with Gasteiger partial charge in [0.05, 0.1) is 11.4 Å². The predicted molar refractivity (Wildman–Crippen MR) is 115 cm³/mol. The molecule has 150 valence electrons. The fourth-order valence-electron chi connectivity index (χ4n) is 4.35. The molecule has 0 atom stereocenters. The molecule has 0 N–H and O–H groups in total. The normalized spacial score (nSPS) is 16.6. The Bertz CT molecular complexity index is 1050. The molecule has 0 bridgehead atoms. The summed E-state index contributed by atoms with van der Waals surface area (Å²) in [6, 6.07) is 12.6. The zero-order valence-corrected chi connectivity index (χ0v) is 17.3. The summed E-state index contributed by atoms with van der Waals surface area (Å²) in [5, 5.41) is 0.